The Morgan fingerprint density at radius 2 is 2.00 bits per heavy atom. The summed E-state index contributed by atoms with van der Waals surface area (Å²) in [6, 6.07) is 9.76. The van der Waals surface area contributed by atoms with Crippen LogP contribution in [0, 0.1) is 0 Å². The number of allylic oxidation sites excluding steroid dienone is 1. The molecule has 2 aromatic carbocycles. The van der Waals surface area contributed by atoms with Gasteiger partial charge in [0.15, 0.2) is 17.3 Å². The van der Waals surface area contributed by atoms with Gasteiger partial charge in [-0.15, -0.1) is 0 Å². The number of carbonyl (C=O) groups excluding carboxylic acids is 1. The largest absolute Gasteiger partial charge is 0.494 e. The summed E-state index contributed by atoms with van der Waals surface area (Å²) in [5, 5.41) is 0. The van der Waals surface area contributed by atoms with Gasteiger partial charge in [0, 0.05) is 6.42 Å². The van der Waals surface area contributed by atoms with Crippen LogP contribution in [0.3, 0.4) is 0 Å². The monoisotopic (exact) mass is 424 g/mol. The number of benzene rings is 2. The molecule has 0 spiro atoms. The van der Waals surface area contributed by atoms with Gasteiger partial charge in [0.1, 0.15) is 11.8 Å². The molecule has 164 valence electrons. The first-order chi connectivity index (χ1) is 14.9. The number of rotatable bonds is 7. The van der Waals surface area contributed by atoms with Crippen molar-refractivity contribution in [3.8, 4) is 23.0 Å². The third-order valence-corrected chi connectivity index (χ3v) is 6.13. The zero-order valence-corrected chi connectivity index (χ0v) is 18.6. The molecule has 4 rings (SSSR count). The lowest BCUT2D eigenvalue weighted by Gasteiger charge is -2.43. The molecule has 1 unspecified atom stereocenters. The van der Waals surface area contributed by atoms with Crippen molar-refractivity contribution in [2.45, 2.75) is 25.8 Å². The summed E-state index contributed by atoms with van der Waals surface area (Å²) < 4.78 is 23.2. The van der Waals surface area contributed by atoms with Crippen LogP contribution in [0.5, 0.6) is 23.0 Å². The molecule has 0 aliphatic carbocycles. The number of methoxy groups -OCH3 is 1. The normalized spacial score (nSPS) is 18.6. The molecule has 2 heterocycles. The van der Waals surface area contributed by atoms with Crippen molar-refractivity contribution in [1.29, 1.82) is 0 Å². The van der Waals surface area contributed by atoms with E-state index in [1.165, 1.54) is 5.56 Å². The van der Waals surface area contributed by atoms with Gasteiger partial charge >= 0.3 is 0 Å². The zero-order valence-electron chi connectivity index (χ0n) is 18.6. The van der Waals surface area contributed by atoms with Gasteiger partial charge < -0.3 is 23.4 Å². The molecular weight excluding hydrogens is 394 g/mol. The van der Waals surface area contributed by atoms with Crippen LogP contribution < -0.4 is 18.9 Å². The van der Waals surface area contributed by atoms with E-state index in [0.717, 1.165) is 35.6 Å². The van der Waals surface area contributed by atoms with Gasteiger partial charge in [-0.2, -0.15) is 0 Å². The number of hydrogen-bond acceptors (Lipinski definition) is 5. The molecule has 0 N–H and O–H groups in total. The number of carbonyl (C=O) groups is 1. The van der Waals surface area contributed by atoms with E-state index in [-0.39, 0.29) is 18.6 Å². The quantitative estimate of drug-likeness (QED) is 0.493. The van der Waals surface area contributed by atoms with Crippen molar-refractivity contribution < 1.29 is 28.2 Å². The third kappa shape index (κ3) is 4.26. The third-order valence-electron chi connectivity index (χ3n) is 6.13. The second-order valence-corrected chi connectivity index (χ2v) is 8.49. The van der Waals surface area contributed by atoms with Crippen molar-refractivity contribution in [2.24, 2.45) is 0 Å². The van der Waals surface area contributed by atoms with Gasteiger partial charge in [-0.3, -0.25) is 4.79 Å². The van der Waals surface area contributed by atoms with Crippen LogP contribution >= 0.6 is 0 Å². The van der Waals surface area contributed by atoms with E-state index in [4.69, 9.17) is 18.9 Å². The Bertz CT molecular complexity index is 994. The Balaban J connectivity index is 1.58. The van der Waals surface area contributed by atoms with Crippen LogP contribution in [0.4, 0.5) is 0 Å². The first kappa shape index (κ1) is 21.2. The molecular formula is C25H30NO5+. The molecule has 2 aromatic rings. The Morgan fingerprint density at radius 3 is 2.71 bits per heavy atom. The zero-order chi connectivity index (χ0) is 22.0. The van der Waals surface area contributed by atoms with Gasteiger partial charge in [0.2, 0.25) is 12.5 Å². The van der Waals surface area contributed by atoms with Gasteiger partial charge in [-0.1, -0.05) is 18.2 Å². The van der Waals surface area contributed by atoms with E-state index < -0.39 is 0 Å². The molecule has 31 heavy (non-hydrogen) atoms. The van der Waals surface area contributed by atoms with Gasteiger partial charge in [-0.25, -0.2) is 0 Å². The molecule has 0 bridgehead atoms. The fourth-order valence-electron chi connectivity index (χ4n) is 4.40. The van der Waals surface area contributed by atoms with E-state index in [2.05, 4.69) is 14.1 Å². The molecule has 1 atom stereocenters. The van der Waals surface area contributed by atoms with E-state index in [1.807, 2.05) is 43.3 Å². The first-order valence-electron chi connectivity index (χ1n) is 10.7. The summed E-state index contributed by atoms with van der Waals surface area (Å²) in [5.74, 6) is 2.98. The minimum absolute atomic E-state index is 0.0225. The molecule has 2 aliphatic rings. The van der Waals surface area contributed by atoms with Crippen molar-refractivity contribution >= 4 is 11.9 Å². The van der Waals surface area contributed by atoms with Crippen LogP contribution in [-0.4, -0.2) is 51.4 Å². The summed E-state index contributed by atoms with van der Waals surface area (Å²) in [6.07, 6.45) is 4.83. The molecule has 6 heteroatoms. The van der Waals surface area contributed by atoms with Crippen LogP contribution in [0.25, 0.3) is 6.08 Å². The Labute approximate surface area is 183 Å². The maximum Gasteiger partial charge on any atom is 0.231 e. The SMILES string of the molecule is CCOc1ccc(C=CC(=O)CC2c3c(cc4c(c3OC)OCO4)CC[N+]2(C)C)cc1. The second-order valence-electron chi connectivity index (χ2n) is 8.49. The van der Waals surface area contributed by atoms with Crippen LogP contribution in [0.2, 0.25) is 0 Å². The highest BCUT2D eigenvalue weighted by molar-refractivity contribution is 5.94. The number of nitrogens with zero attached hydrogens (tertiary/aromatic N) is 1. The predicted octanol–water partition coefficient (Wildman–Crippen LogP) is 4.17. The minimum Gasteiger partial charge on any atom is -0.494 e. The van der Waals surface area contributed by atoms with Gasteiger partial charge in [0.05, 0.1) is 46.3 Å². The Hall–Kier alpha value is -2.99. The highest BCUT2D eigenvalue weighted by Gasteiger charge is 2.41. The highest BCUT2D eigenvalue weighted by atomic mass is 16.7. The molecule has 0 saturated carbocycles. The lowest BCUT2D eigenvalue weighted by molar-refractivity contribution is -0.922. The fourth-order valence-corrected chi connectivity index (χ4v) is 4.40. The summed E-state index contributed by atoms with van der Waals surface area (Å²) in [6.45, 7) is 3.73. The molecule has 0 amide bonds. The number of ketones is 1. The smallest absolute Gasteiger partial charge is 0.231 e. The number of ether oxygens (including phenoxy) is 4. The lowest BCUT2D eigenvalue weighted by Crippen LogP contribution is -2.48. The summed E-state index contributed by atoms with van der Waals surface area (Å²) in [4.78, 5) is 13.0. The van der Waals surface area contributed by atoms with Crippen molar-refractivity contribution in [1.82, 2.24) is 0 Å². The van der Waals surface area contributed by atoms with Gasteiger partial charge in [0.25, 0.3) is 0 Å². The molecule has 0 saturated heterocycles. The number of quaternary nitrogens is 1. The average Bonchev–Trinajstić information content (AvgIpc) is 3.22. The second kappa shape index (κ2) is 8.63. The van der Waals surface area contributed by atoms with Crippen molar-refractivity contribution in [3.05, 3.63) is 53.1 Å². The predicted molar refractivity (Wildman–Crippen MR) is 119 cm³/mol. The number of hydrogen-bond donors (Lipinski definition) is 0. The first-order valence-corrected chi connectivity index (χ1v) is 10.7. The molecule has 0 aromatic heterocycles. The molecule has 6 nitrogen and oxygen atoms in total. The number of likely N-dealkylation sites (N-methyl/N-ethyl adjacent to an activating group) is 1. The standard InChI is InChI=1S/C25H30NO5/c1-5-29-20-10-7-17(8-11-20)6-9-19(27)15-21-23-18(12-13-26(21,2)3)14-22-24(25(23)28-4)31-16-30-22/h6-11,14,21H,5,12-13,15-16H2,1-4H3/q+1. The summed E-state index contributed by atoms with van der Waals surface area (Å²) in [7, 11) is 5.99. The van der Waals surface area contributed by atoms with Gasteiger partial charge in [-0.05, 0) is 42.3 Å². The molecule has 0 radical (unpaired) electrons. The fraction of sp³-hybridized carbons (Fsp3) is 0.400. The van der Waals surface area contributed by atoms with E-state index in [9.17, 15) is 4.79 Å². The maximum atomic E-state index is 13.0. The molecule has 0 fully saturated rings. The van der Waals surface area contributed by atoms with Crippen LogP contribution in [0.15, 0.2) is 36.4 Å². The average molecular weight is 425 g/mol. The highest BCUT2D eigenvalue weighted by Crippen LogP contribution is 2.51. The Kier molecular flexibility index (Phi) is 5.92. The number of fused-ring (bicyclic) bond motifs is 2. The van der Waals surface area contributed by atoms with E-state index in [0.29, 0.717) is 29.0 Å². The minimum atomic E-state index is -0.0225. The van der Waals surface area contributed by atoms with Crippen LogP contribution in [-0.2, 0) is 11.2 Å². The molecule has 2 aliphatic heterocycles. The van der Waals surface area contributed by atoms with E-state index in [1.54, 1.807) is 13.2 Å². The lowest BCUT2D eigenvalue weighted by atomic mass is 9.86. The van der Waals surface area contributed by atoms with Crippen molar-refractivity contribution in [2.75, 3.05) is 41.1 Å². The van der Waals surface area contributed by atoms with Crippen molar-refractivity contribution in [3.63, 3.8) is 0 Å². The topological polar surface area (TPSA) is 54.0 Å². The van der Waals surface area contributed by atoms with Crippen LogP contribution in [0.1, 0.15) is 36.1 Å². The Morgan fingerprint density at radius 1 is 1.23 bits per heavy atom. The summed E-state index contributed by atoms with van der Waals surface area (Å²) >= 11 is 0. The van der Waals surface area contributed by atoms with E-state index >= 15 is 0 Å². The summed E-state index contributed by atoms with van der Waals surface area (Å²) in [5.41, 5.74) is 3.20. The maximum absolute atomic E-state index is 13.0.